The van der Waals surface area contributed by atoms with Crippen molar-refractivity contribution in [3.05, 3.63) is 87.5 Å². The van der Waals surface area contributed by atoms with Gasteiger partial charge in [0.25, 0.3) is 5.56 Å². The summed E-state index contributed by atoms with van der Waals surface area (Å²) in [7, 11) is 0. The first-order valence-corrected chi connectivity index (χ1v) is 11.9. The highest BCUT2D eigenvalue weighted by molar-refractivity contribution is 7.17. The maximum Gasteiger partial charge on any atom is 0.273 e. The summed E-state index contributed by atoms with van der Waals surface area (Å²) in [4.78, 5) is 32.8. The van der Waals surface area contributed by atoms with Gasteiger partial charge in [-0.3, -0.25) is 14.2 Å². The van der Waals surface area contributed by atoms with E-state index in [9.17, 15) is 18.4 Å². The summed E-state index contributed by atoms with van der Waals surface area (Å²) < 4.78 is 28.7. The molecule has 1 amide bonds. The minimum Gasteiger partial charge on any atom is -0.342 e. The molecule has 1 fully saturated rings. The van der Waals surface area contributed by atoms with Crippen molar-refractivity contribution in [3.63, 3.8) is 0 Å². The SMILES string of the molecule is O=C(Nc1ccc(F)cc1)C1CCN(c2nc3ccsc3c(=O)n2Cc2ccc(F)cc2)CC1. The topological polar surface area (TPSA) is 67.2 Å². The highest BCUT2D eigenvalue weighted by atomic mass is 32.1. The van der Waals surface area contributed by atoms with E-state index in [4.69, 9.17) is 4.98 Å². The van der Waals surface area contributed by atoms with Crippen molar-refractivity contribution in [3.8, 4) is 0 Å². The van der Waals surface area contributed by atoms with E-state index in [1.807, 2.05) is 16.3 Å². The number of nitrogens with zero attached hydrogens (tertiary/aromatic N) is 3. The van der Waals surface area contributed by atoms with E-state index >= 15 is 0 Å². The van der Waals surface area contributed by atoms with Crippen molar-refractivity contribution < 1.29 is 13.6 Å². The molecule has 0 atom stereocenters. The van der Waals surface area contributed by atoms with Crippen LogP contribution >= 0.6 is 11.3 Å². The van der Waals surface area contributed by atoms with Crippen molar-refractivity contribution in [2.75, 3.05) is 23.3 Å². The summed E-state index contributed by atoms with van der Waals surface area (Å²) in [5, 5.41) is 4.69. The largest absolute Gasteiger partial charge is 0.342 e. The molecule has 2 aromatic heterocycles. The van der Waals surface area contributed by atoms with Crippen LogP contribution in [0.3, 0.4) is 0 Å². The van der Waals surface area contributed by atoms with Gasteiger partial charge in [-0.1, -0.05) is 12.1 Å². The standard InChI is InChI=1S/C25H22F2N4O2S/c26-18-3-1-16(2-4-18)15-31-24(33)22-21(11-14-34-22)29-25(31)30-12-9-17(10-13-30)23(32)28-20-7-5-19(27)6-8-20/h1-8,11,14,17H,9-10,12-13,15H2,(H,28,32). The fourth-order valence-electron chi connectivity index (χ4n) is 4.21. The lowest BCUT2D eigenvalue weighted by atomic mass is 9.96. The van der Waals surface area contributed by atoms with Gasteiger partial charge >= 0.3 is 0 Å². The van der Waals surface area contributed by atoms with Crippen molar-refractivity contribution >= 4 is 39.1 Å². The van der Waals surface area contributed by atoms with Gasteiger partial charge in [0.1, 0.15) is 16.3 Å². The van der Waals surface area contributed by atoms with Gasteiger partial charge in [-0.25, -0.2) is 13.8 Å². The number of nitrogens with one attached hydrogen (secondary N) is 1. The number of fused-ring (bicyclic) bond motifs is 1. The van der Waals surface area contributed by atoms with Gasteiger partial charge in [0.15, 0.2) is 0 Å². The van der Waals surface area contributed by atoms with Gasteiger partial charge in [-0.15, -0.1) is 11.3 Å². The molecule has 0 aliphatic carbocycles. The Hall–Kier alpha value is -3.59. The number of carbonyl (C=O) groups is 1. The zero-order valence-corrected chi connectivity index (χ0v) is 19.0. The molecule has 1 aliphatic heterocycles. The van der Waals surface area contributed by atoms with Crippen LogP contribution in [-0.2, 0) is 11.3 Å². The molecule has 174 valence electrons. The van der Waals surface area contributed by atoms with E-state index in [1.54, 1.807) is 16.7 Å². The molecular formula is C25H22F2N4O2S. The summed E-state index contributed by atoms with van der Waals surface area (Å²) in [6.07, 6.45) is 1.20. The van der Waals surface area contributed by atoms with Crippen LogP contribution in [0.2, 0.25) is 0 Å². The van der Waals surface area contributed by atoms with Gasteiger partial charge < -0.3 is 10.2 Å². The van der Waals surface area contributed by atoms with Gasteiger partial charge in [0.05, 0.1) is 12.1 Å². The van der Waals surface area contributed by atoms with E-state index in [0.29, 0.717) is 47.8 Å². The summed E-state index contributed by atoms with van der Waals surface area (Å²) in [5.41, 5.74) is 1.88. The molecule has 4 aromatic rings. The van der Waals surface area contributed by atoms with Crippen molar-refractivity contribution in [1.29, 1.82) is 0 Å². The first-order chi connectivity index (χ1) is 16.5. The molecule has 0 bridgehead atoms. The Labute approximate surface area is 198 Å². The van der Waals surface area contributed by atoms with Gasteiger partial charge in [-0.2, -0.15) is 0 Å². The highest BCUT2D eigenvalue weighted by Crippen LogP contribution is 2.26. The third kappa shape index (κ3) is 4.56. The average Bonchev–Trinajstić information content (AvgIpc) is 3.33. The molecule has 0 unspecified atom stereocenters. The highest BCUT2D eigenvalue weighted by Gasteiger charge is 2.28. The zero-order chi connectivity index (χ0) is 23.7. The van der Waals surface area contributed by atoms with Crippen LogP contribution in [0.5, 0.6) is 0 Å². The number of halogens is 2. The van der Waals surface area contributed by atoms with Crippen LogP contribution in [0.25, 0.3) is 10.2 Å². The molecule has 0 spiro atoms. The Bertz CT molecular complexity index is 1380. The lowest BCUT2D eigenvalue weighted by Crippen LogP contribution is -2.41. The number of piperidine rings is 1. The van der Waals surface area contributed by atoms with Gasteiger partial charge in [-0.05, 0) is 66.2 Å². The Morgan fingerprint density at radius 3 is 2.32 bits per heavy atom. The van der Waals surface area contributed by atoms with Crippen molar-refractivity contribution in [2.24, 2.45) is 5.92 Å². The molecule has 0 saturated carbocycles. The average molecular weight is 481 g/mol. The van der Waals surface area contributed by atoms with E-state index < -0.39 is 0 Å². The fourth-order valence-corrected chi connectivity index (χ4v) is 4.99. The second-order valence-corrected chi connectivity index (χ2v) is 9.24. The van der Waals surface area contributed by atoms with Crippen molar-refractivity contribution in [1.82, 2.24) is 9.55 Å². The maximum atomic E-state index is 13.4. The van der Waals surface area contributed by atoms with Gasteiger partial charge in [0, 0.05) is 24.7 Å². The third-order valence-electron chi connectivity index (χ3n) is 6.06. The van der Waals surface area contributed by atoms with Crippen LogP contribution in [0, 0.1) is 17.6 Å². The predicted molar refractivity (Wildman–Crippen MR) is 129 cm³/mol. The molecule has 5 rings (SSSR count). The zero-order valence-electron chi connectivity index (χ0n) is 18.2. The van der Waals surface area contributed by atoms with Crippen LogP contribution in [-0.4, -0.2) is 28.5 Å². The van der Waals surface area contributed by atoms with Crippen LogP contribution in [0.1, 0.15) is 18.4 Å². The molecular weight excluding hydrogens is 458 g/mol. The smallest absolute Gasteiger partial charge is 0.273 e. The van der Waals surface area contributed by atoms with Crippen molar-refractivity contribution in [2.45, 2.75) is 19.4 Å². The molecule has 6 nitrogen and oxygen atoms in total. The number of aromatic nitrogens is 2. The molecule has 1 N–H and O–H groups in total. The van der Waals surface area contributed by atoms with Crippen LogP contribution in [0.4, 0.5) is 20.4 Å². The molecule has 0 radical (unpaired) electrons. The molecule has 2 aromatic carbocycles. The number of carbonyl (C=O) groups excluding carboxylic acids is 1. The fraction of sp³-hybridized carbons (Fsp3) is 0.240. The second-order valence-electron chi connectivity index (χ2n) is 8.32. The molecule has 9 heteroatoms. The van der Waals surface area contributed by atoms with Crippen LogP contribution in [0.15, 0.2) is 64.8 Å². The van der Waals surface area contributed by atoms with E-state index in [-0.39, 0.29) is 35.6 Å². The van der Waals surface area contributed by atoms with Crippen LogP contribution < -0.4 is 15.8 Å². The number of thiophene rings is 1. The summed E-state index contributed by atoms with van der Waals surface area (Å²) in [6, 6.07) is 13.6. The Balaban J connectivity index is 1.36. The maximum absolute atomic E-state index is 13.4. The Kier molecular flexibility index (Phi) is 6.10. The lowest BCUT2D eigenvalue weighted by Gasteiger charge is -2.33. The third-order valence-corrected chi connectivity index (χ3v) is 6.95. The number of rotatable bonds is 5. The number of amides is 1. The molecule has 34 heavy (non-hydrogen) atoms. The quantitative estimate of drug-likeness (QED) is 0.452. The number of hydrogen-bond donors (Lipinski definition) is 1. The van der Waals surface area contributed by atoms with E-state index in [0.717, 1.165) is 5.56 Å². The first-order valence-electron chi connectivity index (χ1n) is 11.0. The first kappa shape index (κ1) is 22.2. The number of hydrogen-bond acceptors (Lipinski definition) is 5. The summed E-state index contributed by atoms with van der Waals surface area (Å²) in [5.74, 6) is -0.422. The summed E-state index contributed by atoms with van der Waals surface area (Å²) >= 11 is 1.35. The lowest BCUT2D eigenvalue weighted by molar-refractivity contribution is -0.120. The minimum absolute atomic E-state index is 0.101. The summed E-state index contributed by atoms with van der Waals surface area (Å²) in [6.45, 7) is 1.40. The Morgan fingerprint density at radius 2 is 1.65 bits per heavy atom. The van der Waals surface area contributed by atoms with Gasteiger partial charge in [0.2, 0.25) is 11.9 Å². The Morgan fingerprint density at radius 1 is 1.00 bits per heavy atom. The molecule has 3 heterocycles. The van der Waals surface area contributed by atoms with E-state index in [1.165, 1.54) is 47.7 Å². The van der Waals surface area contributed by atoms with E-state index in [2.05, 4.69) is 5.32 Å². The second kappa shape index (κ2) is 9.34. The minimum atomic E-state index is -0.354. The number of anilines is 2. The molecule has 1 aliphatic rings. The number of benzene rings is 2. The normalized spacial score (nSPS) is 14.5. The monoisotopic (exact) mass is 480 g/mol. The molecule has 1 saturated heterocycles. The predicted octanol–water partition coefficient (Wildman–Crippen LogP) is 4.64.